The van der Waals surface area contributed by atoms with Crippen LogP contribution in [0.1, 0.15) is 21.7 Å². The van der Waals surface area contributed by atoms with Gasteiger partial charge in [-0.2, -0.15) is 10.2 Å². The lowest BCUT2D eigenvalue weighted by Gasteiger charge is -2.05. The van der Waals surface area contributed by atoms with Gasteiger partial charge in [-0.25, -0.2) is 9.50 Å². The minimum absolute atomic E-state index is 0.220. The number of nitrogens with one attached hydrogen (secondary N) is 1. The Balaban J connectivity index is 1.39. The fourth-order valence-electron chi connectivity index (χ4n) is 3.28. The van der Waals surface area contributed by atoms with E-state index in [-0.39, 0.29) is 12.7 Å². The molecule has 5 rings (SSSR count). The van der Waals surface area contributed by atoms with E-state index in [2.05, 4.69) is 20.5 Å². The van der Waals surface area contributed by atoms with Crippen LogP contribution in [0.15, 0.2) is 42.7 Å². The molecule has 1 N–H and O–H groups in total. The summed E-state index contributed by atoms with van der Waals surface area (Å²) in [5.41, 5.74) is 4.58. The lowest BCUT2D eigenvalue weighted by atomic mass is 10.2. The van der Waals surface area contributed by atoms with Crippen molar-refractivity contribution in [1.29, 1.82) is 0 Å². The monoisotopic (exact) mass is 390 g/mol. The molecule has 0 aliphatic carbocycles. The fraction of sp³-hybridized carbons (Fsp3) is 0.200. The second kappa shape index (κ2) is 6.62. The van der Waals surface area contributed by atoms with Crippen LogP contribution in [0, 0.1) is 6.92 Å². The quantitative estimate of drug-likeness (QED) is 0.573. The number of carbonyl (C=O) groups excluding carboxylic acids is 1. The molecule has 146 valence electrons. The van der Waals surface area contributed by atoms with Crippen LogP contribution >= 0.6 is 0 Å². The summed E-state index contributed by atoms with van der Waals surface area (Å²) in [6.07, 6.45) is 3.48. The maximum Gasteiger partial charge on any atom is 0.272 e. The predicted molar refractivity (Wildman–Crippen MR) is 104 cm³/mol. The molecule has 1 aromatic carbocycles. The van der Waals surface area contributed by atoms with Crippen molar-refractivity contribution in [1.82, 2.24) is 29.7 Å². The van der Waals surface area contributed by atoms with E-state index in [0.29, 0.717) is 29.4 Å². The van der Waals surface area contributed by atoms with Gasteiger partial charge < -0.3 is 14.8 Å². The number of amides is 1. The molecule has 0 saturated carbocycles. The second-order valence-electron chi connectivity index (χ2n) is 6.77. The van der Waals surface area contributed by atoms with Crippen molar-refractivity contribution in [3.05, 3.63) is 59.7 Å². The van der Waals surface area contributed by atoms with E-state index in [1.807, 2.05) is 38.2 Å². The van der Waals surface area contributed by atoms with Crippen LogP contribution in [0.25, 0.3) is 16.9 Å². The molecule has 0 radical (unpaired) electrons. The summed E-state index contributed by atoms with van der Waals surface area (Å²) in [6.45, 7) is 2.56. The maximum atomic E-state index is 12.7. The van der Waals surface area contributed by atoms with Gasteiger partial charge in [0.1, 0.15) is 0 Å². The summed E-state index contributed by atoms with van der Waals surface area (Å²) in [6, 6.07) is 9.11. The summed E-state index contributed by atoms with van der Waals surface area (Å²) in [4.78, 5) is 17.0. The van der Waals surface area contributed by atoms with Gasteiger partial charge in [-0.15, -0.1) is 0 Å². The summed E-state index contributed by atoms with van der Waals surface area (Å²) in [5, 5.41) is 11.6. The Morgan fingerprint density at radius 1 is 1.21 bits per heavy atom. The average molecular weight is 390 g/mol. The number of aryl methyl sites for hydroxylation is 1. The third kappa shape index (κ3) is 2.96. The molecular formula is C20H18N6O3. The van der Waals surface area contributed by atoms with E-state index < -0.39 is 0 Å². The Morgan fingerprint density at radius 2 is 2.07 bits per heavy atom. The van der Waals surface area contributed by atoms with Crippen molar-refractivity contribution in [3.63, 3.8) is 0 Å². The summed E-state index contributed by atoms with van der Waals surface area (Å²) >= 11 is 0. The first kappa shape index (κ1) is 17.2. The second-order valence-corrected chi connectivity index (χ2v) is 6.77. The van der Waals surface area contributed by atoms with Crippen molar-refractivity contribution in [2.24, 2.45) is 7.05 Å². The van der Waals surface area contributed by atoms with Gasteiger partial charge in [-0.05, 0) is 30.7 Å². The highest BCUT2D eigenvalue weighted by molar-refractivity contribution is 5.93. The Labute approximate surface area is 165 Å². The molecular weight excluding hydrogens is 372 g/mol. The lowest BCUT2D eigenvalue weighted by molar-refractivity contribution is 0.0945. The number of rotatable bonds is 4. The van der Waals surface area contributed by atoms with Gasteiger partial charge in [0, 0.05) is 37.1 Å². The van der Waals surface area contributed by atoms with E-state index in [1.165, 1.54) is 0 Å². The zero-order valence-electron chi connectivity index (χ0n) is 15.9. The number of nitrogens with zero attached hydrogens (tertiary/aromatic N) is 5. The Bertz CT molecular complexity index is 1240. The number of hydrogen-bond donors (Lipinski definition) is 1. The lowest BCUT2D eigenvalue weighted by Crippen LogP contribution is -2.23. The number of fused-ring (bicyclic) bond motifs is 2. The molecule has 4 aromatic rings. The zero-order valence-corrected chi connectivity index (χ0v) is 15.9. The van der Waals surface area contributed by atoms with Crippen LogP contribution in [0.2, 0.25) is 0 Å². The molecule has 1 aliphatic heterocycles. The first-order valence-corrected chi connectivity index (χ1v) is 9.10. The zero-order chi connectivity index (χ0) is 20.0. The van der Waals surface area contributed by atoms with Crippen molar-refractivity contribution in [2.75, 3.05) is 6.79 Å². The smallest absolute Gasteiger partial charge is 0.272 e. The number of benzene rings is 1. The molecule has 0 fully saturated rings. The first-order valence-electron chi connectivity index (χ1n) is 9.10. The highest BCUT2D eigenvalue weighted by Gasteiger charge is 2.17. The molecule has 0 bridgehead atoms. The van der Waals surface area contributed by atoms with E-state index in [4.69, 9.17) is 9.47 Å². The third-order valence-electron chi connectivity index (χ3n) is 4.99. The fourth-order valence-corrected chi connectivity index (χ4v) is 3.28. The number of ether oxygens (including phenoxy) is 2. The maximum absolute atomic E-state index is 12.7. The average Bonchev–Trinajstić information content (AvgIpc) is 3.45. The van der Waals surface area contributed by atoms with Gasteiger partial charge in [0.05, 0.1) is 11.9 Å². The van der Waals surface area contributed by atoms with E-state index in [1.54, 1.807) is 27.7 Å². The minimum Gasteiger partial charge on any atom is -0.454 e. The summed E-state index contributed by atoms with van der Waals surface area (Å²) < 4.78 is 14.1. The molecule has 1 amide bonds. The highest BCUT2D eigenvalue weighted by atomic mass is 16.7. The Hall–Kier alpha value is -3.88. The number of aromatic nitrogens is 5. The normalized spacial score (nSPS) is 12.5. The van der Waals surface area contributed by atoms with Crippen LogP contribution in [0.3, 0.4) is 0 Å². The highest BCUT2D eigenvalue weighted by Crippen LogP contribution is 2.32. The molecule has 1 aliphatic rings. The van der Waals surface area contributed by atoms with Gasteiger partial charge in [0.25, 0.3) is 5.91 Å². The summed E-state index contributed by atoms with van der Waals surface area (Å²) in [7, 11) is 1.88. The van der Waals surface area contributed by atoms with Gasteiger partial charge in [-0.3, -0.25) is 9.48 Å². The molecule has 3 aromatic heterocycles. The van der Waals surface area contributed by atoms with Gasteiger partial charge in [-0.1, -0.05) is 6.07 Å². The van der Waals surface area contributed by atoms with Crippen molar-refractivity contribution in [2.45, 2.75) is 13.5 Å². The summed E-state index contributed by atoms with van der Waals surface area (Å²) in [5.74, 6) is 1.12. The molecule has 29 heavy (non-hydrogen) atoms. The van der Waals surface area contributed by atoms with Crippen molar-refractivity contribution < 1.29 is 14.3 Å². The van der Waals surface area contributed by atoms with E-state index >= 15 is 0 Å². The SMILES string of the molecule is Cc1c(-c2ccnc3cc(C(=O)NCc4ccc5c(c4)OCO5)nn23)cnn1C. The van der Waals surface area contributed by atoms with Gasteiger partial charge in [0.15, 0.2) is 22.8 Å². The van der Waals surface area contributed by atoms with Gasteiger partial charge in [0.2, 0.25) is 6.79 Å². The predicted octanol–water partition coefficient (Wildman–Crippen LogP) is 2.10. The number of carbonyl (C=O) groups is 1. The van der Waals surface area contributed by atoms with Crippen LogP contribution in [0.4, 0.5) is 0 Å². The Kier molecular flexibility index (Phi) is 3.94. The minimum atomic E-state index is -0.276. The molecule has 9 nitrogen and oxygen atoms in total. The number of hydrogen-bond acceptors (Lipinski definition) is 6. The Morgan fingerprint density at radius 3 is 2.90 bits per heavy atom. The van der Waals surface area contributed by atoms with E-state index in [9.17, 15) is 4.79 Å². The topological polar surface area (TPSA) is 95.6 Å². The van der Waals surface area contributed by atoms with Crippen LogP contribution in [0.5, 0.6) is 11.5 Å². The molecule has 0 spiro atoms. The molecule has 0 atom stereocenters. The molecule has 4 heterocycles. The molecule has 0 unspecified atom stereocenters. The van der Waals surface area contributed by atoms with Crippen LogP contribution < -0.4 is 14.8 Å². The largest absolute Gasteiger partial charge is 0.454 e. The van der Waals surface area contributed by atoms with Crippen LogP contribution in [-0.2, 0) is 13.6 Å². The molecule has 0 saturated heterocycles. The van der Waals surface area contributed by atoms with Crippen molar-refractivity contribution >= 4 is 11.6 Å². The van der Waals surface area contributed by atoms with Crippen molar-refractivity contribution in [3.8, 4) is 22.8 Å². The third-order valence-corrected chi connectivity index (χ3v) is 4.99. The standard InChI is InChI=1S/C20H18N6O3/c1-12-14(10-23-25(12)2)16-5-6-21-19-8-15(24-26(16)19)20(27)22-9-13-3-4-17-18(7-13)29-11-28-17/h3-8,10H,9,11H2,1-2H3,(H,22,27). The molecule has 9 heteroatoms. The van der Waals surface area contributed by atoms with E-state index in [0.717, 1.165) is 22.5 Å². The first-order chi connectivity index (χ1) is 14.1. The van der Waals surface area contributed by atoms with Crippen LogP contribution in [-0.4, -0.2) is 37.1 Å². The van der Waals surface area contributed by atoms with Gasteiger partial charge >= 0.3 is 0 Å².